The molecule has 0 spiro atoms. The fourth-order valence-electron chi connectivity index (χ4n) is 4.95. The molecule has 2 aliphatic rings. The number of allylic oxidation sites excluding steroid dienone is 1. The first kappa shape index (κ1) is 25.2. The van der Waals surface area contributed by atoms with E-state index >= 15 is 0 Å². The standard InChI is InChI=1S/C25H40N2O4S/c1-5-9-21-12-13-25-23(14-21)31-24(17-26(4)16-22-10-7-6-8-11-22)19(2)15-27(20(3)18-28)32(25,29)30/h5,9,12-14,19-20,22,24,28H,6-8,10-11,15-18H2,1-4H3/b9-5+/t19-,20-,24-/m0/s1. The summed E-state index contributed by atoms with van der Waals surface area (Å²) in [5.74, 6) is 1.11. The van der Waals surface area contributed by atoms with Gasteiger partial charge in [-0.1, -0.05) is 44.4 Å². The second kappa shape index (κ2) is 11.1. The lowest BCUT2D eigenvalue weighted by Gasteiger charge is -2.38. The summed E-state index contributed by atoms with van der Waals surface area (Å²) in [6.45, 7) is 7.63. The Bertz CT molecular complexity index is 880. The van der Waals surface area contributed by atoms with E-state index in [1.54, 1.807) is 19.1 Å². The molecule has 3 atom stereocenters. The lowest BCUT2D eigenvalue weighted by molar-refractivity contribution is 0.0688. The molecule has 180 valence electrons. The van der Waals surface area contributed by atoms with Gasteiger partial charge >= 0.3 is 0 Å². The van der Waals surface area contributed by atoms with Crippen LogP contribution in [0.5, 0.6) is 5.75 Å². The molecule has 1 aliphatic carbocycles. The Kier molecular flexibility index (Phi) is 8.78. The number of hydrogen-bond donors (Lipinski definition) is 1. The number of ether oxygens (including phenoxy) is 1. The first-order valence-corrected chi connectivity index (χ1v) is 13.4. The first-order chi connectivity index (χ1) is 15.3. The Morgan fingerprint density at radius 2 is 1.97 bits per heavy atom. The molecule has 0 aromatic heterocycles. The highest BCUT2D eigenvalue weighted by Crippen LogP contribution is 2.34. The number of likely N-dealkylation sites (N-methyl/N-ethyl adjacent to an activating group) is 1. The number of nitrogens with zero attached hydrogens (tertiary/aromatic N) is 2. The number of aliphatic hydroxyl groups excluding tert-OH is 1. The average molecular weight is 465 g/mol. The van der Waals surface area contributed by atoms with Crippen LogP contribution in [0.1, 0.15) is 58.4 Å². The maximum absolute atomic E-state index is 13.5. The van der Waals surface area contributed by atoms with Crippen LogP contribution in [0.15, 0.2) is 29.2 Å². The summed E-state index contributed by atoms with van der Waals surface area (Å²) < 4.78 is 34.9. The van der Waals surface area contributed by atoms with Gasteiger partial charge < -0.3 is 14.7 Å². The molecule has 1 N–H and O–H groups in total. The minimum Gasteiger partial charge on any atom is -0.487 e. The van der Waals surface area contributed by atoms with Gasteiger partial charge in [0, 0.05) is 31.6 Å². The quantitative estimate of drug-likeness (QED) is 0.660. The Hall–Kier alpha value is -1.41. The van der Waals surface area contributed by atoms with Gasteiger partial charge in [0.1, 0.15) is 16.7 Å². The van der Waals surface area contributed by atoms with Crippen LogP contribution in [0.2, 0.25) is 0 Å². The van der Waals surface area contributed by atoms with Crippen molar-refractivity contribution in [3.05, 3.63) is 29.8 Å². The monoisotopic (exact) mass is 464 g/mol. The smallest absolute Gasteiger partial charge is 0.247 e. The molecule has 1 aliphatic heterocycles. The van der Waals surface area contributed by atoms with Gasteiger partial charge in [0.15, 0.2) is 0 Å². The third kappa shape index (κ3) is 5.93. The van der Waals surface area contributed by atoms with Crippen LogP contribution in [0, 0.1) is 11.8 Å². The fourth-order valence-corrected chi connectivity index (χ4v) is 6.77. The van der Waals surface area contributed by atoms with Crippen LogP contribution in [0.3, 0.4) is 0 Å². The maximum atomic E-state index is 13.5. The topological polar surface area (TPSA) is 70.1 Å². The Labute approximate surface area is 194 Å². The fraction of sp³-hybridized carbons (Fsp3) is 0.680. The van der Waals surface area contributed by atoms with Crippen molar-refractivity contribution in [3.63, 3.8) is 0 Å². The molecule has 1 aromatic carbocycles. The van der Waals surface area contributed by atoms with Crippen LogP contribution in [0.25, 0.3) is 6.08 Å². The van der Waals surface area contributed by atoms with Crippen molar-refractivity contribution in [2.24, 2.45) is 11.8 Å². The van der Waals surface area contributed by atoms with Gasteiger partial charge in [0.2, 0.25) is 10.0 Å². The molecule has 1 aromatic rings. The normalized spacial score (nSPS) is 25.8. The van der Waals surface area contributed by atoms with Gasteiger partial charge in [-0.05, 0) is 57.4 Å². The number of rotatable bonds is 7. The van der Waals surface area contributed by atoms with E-state index < -0.39 is 16.1 Å². The number of hydrogen-bond acceptors (Lipinski definition) is 5. The third-order valence-corrected chi connectivity index (χ3v) is 8.86. The highest BCUT2D eigenvalue weighted by molar-refractivity contribution is 7.89. The van der Waals surface area contributed by atoms with E-state index in [2.05, 4.69) is 11.9 Å². The zero-order valence-electron chi connectivity index (χ0n) is 20.0. The molecule has 1 heterocycles. The highest BCUT2D eigenvalue weighted by Gasteiger charge is 2.38. The molecule has 3 rings (SSSR count). The summed E-state index contributed by atoms with van der Waals surface area (Å²) in [5.41, 5.74) is 0.908. The molecular weight excluding hydrogens is 424 g/mol. The SMILES string of the molecule is C/C=C/c1ccc2c(c1)O[C@@H](CN(C)CC1CCCCC1)[C@@H](C)CN([C@@H](C)CO)S2(=O)=O. The molecule has 1 fully saturated rings. The third-order valence-electron chi connectivity index (χ3n) is 6.84. The van der Waals surface area contributed by atoms with Crippen LogP contribution < -0.4 is 4.74 Å². The van der Waals surface area contributed by atoms with Crippen molar-refractivity contribution in [2.75, 3.05) is 33.3 Å². The summed E-state index contributed by atoms with van der Waals surface area (Å²) in [6.07, 6.45) is 10.3. The molecule has 0 saturated heterocycles. The zero-order valence-corrected chi connectivity index (χ0v) is 20.9. The molecule has 0 radical (unpaired) electrons. The Balaban J connectivity index is 1.91. The summed E-state index contributed by atoms with van der Waals surface area (Å²) in [5, 5.41) is 9.77. The number of sulfonamides is 1. The summed E-state index contributed by atoms with van der Waals surface area (Å²) in [6, 6.07) is 4.76. The van der Waals surface area contributed by atoms with Crippen LogP contribution in [0.4, 0.5) is 0 Å². The molecule has 0 amide bonds. The van der Waals surface area contributed by atoms with Gasteiger partial charge in [0.05, 0.1) is 6.61 Å². The van der Waals surface area contributed by atoms with E-state index in [1.807, 2.05) is 32.1 Å². The maximum Gasteiger partial charge on any atom is 0.247 e. The number of aliphatic hydroxyl groups is 1. The predicted molar refractivity (Wildman–Crippen MR) is 129 cm³/mol. The summed E-state index contributed by atoms with van der Waals surface area (Å²) in [4.78, 5) is 2.53. The summed E-state index contributed by atoms with van der Waals surface area (Å²) >= 11 is 0. The van der Waals surface area contributed by atoms with Crippen molar-refractivity contribution < 1.29 is 18.3 Å². The van der Waals surface area contributed by atoms with Crippen molar-refractivity contribution in [3.8, 4) is 5.75 Å². The van der Waals surface area contributed by atoms with Crippen molar-refractivity contribution in [1.29, 1.82) is 0 Å². The minimum absolute atomic E-state index is 0.0221. The second-order valence-electron chi connectivity index (χ2n) is 9.67. The van der Waals surface area contributed by atoms with Gasteiger partial charge in [-0.25, -0.2) is 8.42 Å². The number of fused-ring (bicyclic) bond motifs is 1. The average Bonchev–Trinajstić information content (AvgIpc) is 2.76. The van der Waals surface area contributed by atoms with Crippen molar-refractivity contribution in [1.82, 2.24) is 9.21 Å². The van der Waals surface area contributed by atoms with Gasteiger partial charge in [-0.15, -0.1) is 0 Å². The van der Waals surface area contributed by atoms with E-state index in [0.29, 0.717) is 12.3 Å². The van der Waals surface area contributed by atoms with Crippen molar-refractivity contribution in [2.45, 2.75) is 69.9 Å². The van der Waals surface area contributed by atoms with Gasteiger partial charge in [0.25, 0.3) is 0 Å². The molecular formula is C25H40N2O4S. The van der Waals surface area contributed by atoms with E-state index in [9.17, 15) is 13.5 Å². The minimum atomic E-state index is -3.78. The largest absolute Gasteiger partial charge is 0.487 e. The van der Waals surface area contributed by atoms with E-state index in [4.69, 9.17) is 4.74 Å². The molecule has 7 heteroatoms. The van der Waals surface area contributed by atoms with Crippen LogP contribution >= 0.6 is 0 Å². The van der Waals surface area contributed by atoms with E-state index in [0.717, 1.165) is 24.6 Å². The second-order valence-corrected chi connectivity index (χ2v) is 11.5. The first-order valence-electron chi connectivity index (χ1n) is 12.0. The van der Waals surface area contributed by atoms with E-state index in [1.165, 1.54) is 36.4 Å². The molecule has 0 unspecified atom stereocenters. The lowest BCUT2D eigenvalue weighted by atomic mass is 9.89. The van der Waals surface area contributed by atoms with E-state index in [-0.39, 0.29) is 23.5 Å². The van der Waals surface area contributed by atoms with Crippen LogP contribution in [-0.4, -0.2) is 68.2 Å². The summed E-state index contributed by atoms with van der Waals surface area (Å²) in [7, 11) is -1.64. The predicted octanol–water partition coefficient (Wildman–Crippen LogP) is 4.00. The Morgan fingerprint density at radius 1 is 1.25 bits per heavy atom. The molecule has 6 nitrogen and oxygen atoms in total. The van der Waals surface area contributed by atoms with Crippen LogP contribution in [-0.2, 0) is 10.0 Å². The zero-order chi connectivity index (χ0) is 23.3. The molecule has 32 heavy (non-hydrogen) atoms. The highest BCUT2D eigenvalue weighted by atomic mass is 32.2. The van der Waals surface area contributed by atoms with Gasteiger partial charge in [-0.3, -0.25) is 0 Å². The van der Waals surface area contributed by atoms with Gasteiger partial charge in [-0.2, -0.15) is 4.31 Å². The Morgan fingerprint density at radius 3 is 2.62 bits per heavy atom. The lowest BCUT2D eigenvalue weighted by Crippen LogP contribution is -2.49. The number of benzene rings is 1. The van der Waals surface area contributed by atoms with Crippen molar-refractivity contribution >= 4 is 16.1 Å². The molecule has 1 saturated carbocycles. The molecule has 0 bridgehead atoms.